The second-order valence-corrected chi connectivity index (χ2v) is 8.02. The van der Waals surface area contributed by atoms with Crippen LogP contribution in [0, 0.1) is 19.3 Å². The first kappa shape index (κ1) is 19.5. The maximum atomic E-state index is 12.8. The summed E-state index contributed by atoms with van der Waals surface area (Å²) < 4.78 is 5.90. The Labute approximate surface area is 173 Å². The number of hydrogen-bond donors (Lipinski definition) is 0. The minimum Gasteiger partial charge on any atom is -0.479 e. The van der Waals surface area contributed by atoms with Gasteiger partial charge in [-0.1, -0.05) is 77.4 Å². The maximum absolute atomic E-state index is 12.8. The second-order valence-electron chi connectivity index (χ2n) is 5.94. The zero-order chi connectivity index (χ0) is 19.4. The van der Waals surface area contributed by atoms with Crippen molar-refractivity contribution in [1.29, 1.82) is 0 Å². The molecule has 136 valence electrons. The lowest BCUT2D eigenvalue weighted by Gasteiger charge is -2.14. The van der Waals surface area contributed by atoms with Gasteiger partial charge in [0.25, 0.3) is 5.91 Å². The van der Waals surface area contributed by atoms with E-state index in [1.807, 2.05) is 37.3 Å². The lowest BCUT2D eigenvalue weighted by molar-refractivity contribution is -0.122. The van der Waals surface area contributed by atoms with E-state index in [4.69, 9.17) is 35.0 Å². The van der Waals surface area contributed by atoms with Crippen LogP contribution in [0.3, 0.4) is 0 Å². The first-order chi connectivity index (χ1) is 13.0. The highest BCUT2D eigenvalue weighted by atomic mass is 35.5. The van der Waals surface area contributed by atoms with E-state index < -0.39 is 0 Å². The van der Waals surface area contributed by atoms with Gasteiger partial charge in [-0.15, -0.1) is 6.42 Å². The number of carbonyl (C=O) groups excluding carboxylic acids is 1. The normalized spacial score (nSPS) is 15.3. The van der Waals surface area contributed by atoms with Gasteiger partial charge in [0.2, 0.25) is 0 Å². The lowest BCUT2D eigenvalue weighted by atomic mass is 10.1. The van der Waals surface area contributed by atoms with Crippen LogP contribution in [0.1, 0.15) is 16.7 Å². The highest BCUT2D eigenvalue weighted by Gasteiger charge is 2.31. The highest BCUT2D eigenvalue weighted by molar-refractivity contribution is 8.26. The van der Waals surface area contributed by atoms with Crippen molar-refractivity contribution in [2.45, 2.75) is 13.5 Å². The fourth-order valence-corrected chi connectivity index (χ4v) is 4.01. The van der Waals surface area contributed by atoms with Gasteiger partial charge in [0.1, 0.15) is 16.7 Å². The van der Waals surface area contributed by atoms with Gasteiger partial charge in [0.15, 0.2) is 0 Å². The van der Waals surface area contributed by atoms with E-state index in [1.165, 1.54) is 17.3 Å². The molecule has 1 fully saturated rings. The van der Waals surface area contributed by atoms with Gasteiger partial charge in [-0.3, -0.25) is 9.69 Å². The molecule has 0 aliphatic carbocycles. The third-order valence-corrected chi connectivity index (χ3v) is 5.57. The predicted molar refractivity (Wildman–Crippen MR) is 116 cm³/mol. The van der Waals surface area contributed by atoms with Gasteiger partial charge >= 0.3 is 0 Å². The number of terminal acetylenes is 1. The third-order valence-electron chi connectivity index (χ3n) is 3.90. The molecule has 1 saturated heterocycles. The van der Waals surface area contributed by atoms with Crippen LogP contribution in [-0.2, 0) is 11.3 Å². The van der Waals surface area contributed by atoms with E-state index >= 15 is 0 Å². The monoisotopic (exact) mass is 413 g/mol. The third kappa shape index (κ3) is 4.72. The Morgan fingerprint density at radius 2 is 2.04 bits per heavy atom. The standard InChI is InChI=1S/C21H16ClNO2S2/c1-3-10-25-18-9-8-16(11-17(18)22)12-19-20(24)23(21(26)27-19)13-15-6-4-14(2)5-7-15/h1,4-9,11-12H,10,13H2,2H3. The summed E-state index contributed by atoms with van der Waals surface area (Å²) >= 11 is 12.9. The zero-order valence-electron chi connectivity index (χ0n) is 14.6. The number of thiocarbonyl (C=S) groups is 1. The first-order valence-electron chi connectivity index (χ1n) is 8.14. The number of nitrogens with zero attached hydrogens (tertiary/aromatic N) is 1. The Hall–Kier alpha value is -2.26. The molecular formula is C21H16ClNO2S2. The summed E-state index contributed by atoms with van der Waals surface area (Å²) in [6, 6.07) is 13.4. The molecule has 0 saturated carbocycles. The van der Waals surface area contributed by atoms with Crippen molar-refractivity contribution in [2.24, 2.45) is 0 Å². The van der Waals surface area contributed by atoms with Crippen molar-refractivity contribution in [3.05, 3.63) is 69.1 Å². The molecule has 0 N–H and O–H groups in total. The van der Waals surface area contributed by atoms with Crippen molar-refractivity contribution >= 4 is 51.9 Å². The minimum absolute atomic E-state index is 0.102. The molecule has 1 aliphatic rings. The van der Waals surface area contributed by atoms with Gasteiger partial charge < -0.3 is 4.74 Å². The van der Waals surface area contributed by atoms with Crippen molar-refractivity contribution in [3.63, 3.8) is 0 Å². The second kappa shape index (κ2) is 8.62. The molecule has 0 aromatic heterocycles. The van der Waals surface area contributed by atoms with E-state index in [1.54, 1.807) is 23.1 Å². The maximum Gasteiger partial charge on any atom is 0.266 e. The summed E-state index contributed by atoms with van der Waals surface area (Å²) in [7, 11) is 0. The molecule has 0 radical (unpaired) electrons. The van der Waals surface area contributed by atoms with Gasteiger partial charge in [-0.2, -0.15) is 0 Å². The number of halogens is 1. The number of carbonyl (C=O) groups is 1. The Morgan fingerprint density at radius 3 is 2.70 bits per heavy atom. The Morgan fingerprint density at radius 1 is 1.30 bits per heavy atom. The molecule has 0 unspecified atom stereocenters. The van der Waals surface area contributed by atoms with Crippen LogP contribution in [0.15, 0.2) is 47.4 Å². The molecule has 1 heterocycles. The van der Waals surface area contributed by atoms with Crippen LogP contribution < -0.4 is 4.74 Å². The molecule has 2 aromatic carbocycles. The van der Waals surface area contributed by atoms with Crippen molar-refractivity contribution < 1.29 is 9.53 Å². The largest absolute Gasteiger partial charge is 0.479 e. The summed E-state index contributed by atoms with van der Waals surface area (Å²) in [6.07, 6.45) is 6.97. The van der Waals surface area contributed by atoms with Crippen LogP contribution in [0.4, 0.5) is 0 Å². The number of aryl methyl sites for hydroxylation is 1. The summed E-state index contributed by atoms with van der Waals surface area (Å²) in [5.74, 6) is 2.80. The van der Waals surface area contributed by atoms with Gasteiger partial charge in [-0.05, 0) is 36.3 Å². The molecular weight excluding hydrogens is 398 g/mol. The van der Waals surface area contributed by atoms with E-state index in [-0.39, 0.29) is 12.5 Å². The molecule has 3 rings (SSSR count). The van der Waals surface area contributed by atoms with E-state index in [0.717, 1.165) is 11.1 Å². The van der Waals surface area contributed by atoms with E-state index in [0.29, 0.717) is 26.5 Å². The van der Waals surface area contributed by atoms with E-state index in [9.17, 15) is 4.79 Å². The Balaban J connectivity index is 1.76. The summed E-state index contributed by atoms with van der Waals surface area (Å²) in [6.45, 7) is 2.64. The highest BCUT2D eigenvalue weighted by Crippen LogP contribution is 2.34. The van der Waals surface area contributed by atoms with Crippen LogP contribution in [-0.4, -0.2) is 21.7 Å². The molecule has 0 spiro atoms. The fourth-order valence-electron chi connectivity index (χ4n) is 2.51. The molecule has 0 atom stereocenters. The van der Waals surface area contributed by atoms with Gasteiger partial charge in [0, 0.05) is 0 Å². The van der Waals surface area contributed by atoms with Crippen LogP contribution in [0.2, 0.25) is 5.02 Å². The summed E-state index contributed by atoms with van der Waals surface area (Å²) in [5, 5.41) is 0.439. The van der Waals surface area contributed by atoms with Crippen LogP contribution >= 0.6 is 35.6 Å². The smallest absolute Gasteiger partial charge is 0.266 e. The van der Waals surface area contributed by atoms with Crippen molar-refractivity contribution in [2.75, 3.05) is 6.61 Å². The molecule has 1 aliphatic heterocycles. The Bertz CT molecular complexity index is 961. The SMILES string of the molecule is C#CCOc1ccc(C=C2SC(=S)N(Cc3ccc(C)cc3)C2=O)cc1Cl. The topological polar surface area (TPSA) is 29.5 Å². The van der Waals surface area contributed by atoms with Crippen LogP contribution in [0.5, 0.6) is 5.75 Å². The molecule has 0 bridgehead atoms. The molecule has 6 heteroatoms. The quantitative estimate of drug-likeness (QED) is 0.389. The minimum atomic E-state index is -0.102. The predicted octanol–water partition coefficient (Wildman–Crippen LogP) is 5.06. The average Bonchev–Trinajstić information content (AvgIpc) is 2.90. The first-order valence-corrected chi connectivity index (χ1v) is 9.75. The van der Waals surface area contributed by atoms with Crippen LogP contribution in [0.25, 0.3) is 6.08 Å². The van der Waals surface area contributed by atoms with Gasteiger partial charge in [0.05, 0.1) is 16.5 Å². The number of thioether (sulfide) groups is 1. The lowest BCUT2D eigenvalue weighted by Crippen LogP contribution is -2.27. The van der Waals surface area contributed by atoms with Crippen molar-refractivity contribution in [3.8, 4) is 18.1 Å². The number of hydrogen-bond acceptors (Lipinski definition) is 4. The fraction of sp³-hybridized carbons (Fsp3) is 0.143. The van der Waals surface area contributed by atoms with E-state index in [2.05, 4.69) is 5.92 Å². The zero-order valence-corrected chi connectivity index (χ0v) is 17.0. The van der Waals surface area contributed by atoms with Gasteiger partial charge in [-0.25, -0.2) is 0 Å². The van der Waals surface area contributed by atoms with Crippen molar-refractivity contribution in [1.82, 2.24) is 4.90 Å². The average molecular weight is 414 g/mol. The summed E-state index contributed by atoms with van der Waals surface area (Å²) in [4.78, 5) is 14.9. The number of amides is 1. The summed E-state index contributed by atoms with van der Waals surface area (Å²) in [5.41, 5.74) is 3.01. The molecule has 3 nitrogen and oxygen atoms in total. The molecule has 2 aromatic rings. The number of rotatable bonds is 5. The number of ether oxygens (including phenoxy) is 1. The number of benzene rings is 2. The molecule has 1 amide bonds. The Kier molecular flexibility index (Phi) is 6.22. The molecule has 27 heavy (non-hydrogen) atoms.